The average Bonchev–Trinajstić information content (AvgIpc) is 3.12. The van der Waals surface area contributed by atoms with E-state index in [1.807, 2.05) is 6.07 Å². The predicted molar refractivity (Wildman–Crippen MR) is 119 cm³/mol. The number of ether oxygens (including phenoxy) is 1. The maximum absolute atomic E-state index is 12.0. The third-order valence-electron chi connectivity index (χ3n) is 6.18. The van der Waals surface area contributed by atoms with E-state index < -0.39 is 13.9 Å². The summed E-state index contributed by atoms with van der Waals surface area (Å²) in [5, 5.41) is 0. The molecule has 161 valence electrons. The number of rotatable bonds is 4. The first kappa shape index (κ1) is 21.5. The van der Waals surface area contributed by atoms with Gasteiger partial charge < -0.3 is 0 Å². The van der Waals surface area contributed by atoms with Crippen molar-refractivity contribution < 1.29 is 23.4 Å². The molecule has 1 aliphatic heterocycles. The average molecular weight is 447 g/mol. The number of nitrogens with one attached hydrogen (secondary N) is 2. The molecule has 2 atom stereocenters. The van der Waals surface area contributed by atoms with E-state index in [9.17, 15) is 4.79 Å². The van der Waals surface area contributed by atoms with E-state index in [1.165, 1.54) is 43.7 Å². The first-order valence-corrected chi connectivity index (χ1v) is 12.7. The van der Waals surface area contributed by atoms with Crippen LogP contribution in [0.4, 0.5) is 0 Å². The number of carbonyl (C=O) groups excluding carboxylic acids is 1. The molecule has 5 heteroatoms. The molecular weight excluding hydrogens is 415 g/mol. The van der Waals surface area contributed by atoms with Gasteiger partial charge in [0.1, 0.15) is 0 Å². The van der Waals surface area contributed by atoms with Crippen LogP contribution in [0.3, 0.4) is 0 Å². The van der Waals surface area contributed by atoms with Crippen molar-refractivity contribution in [1.29, 1.82) is 0 Å². The Morgan fingerprint density at radius 1 is 1.10 bits per heavy atom. The second kappa shape index (κ2) is 8.76. The van der Waals surface area contributed by atoms with Crippen molar-refractivity contribution in [1.82, 2.24) is 8.67 Å². The maximum atomic E-state index is 12.0. The van der Waals surface area contributed by atoms with Crippen molar-refractivity contribution in [2.45, 2.75) is 70.9 Å². The van der Waals surface area contributed by atoms with Gasteiger partial charge >= 0.3 is 184 Å². The monoisotopic (exact) mass is 447 g/mol. The van der Waals surface area contributed by atoms with E-state index in [2.05, 4.69) is 70.8 Å². The van der Waals surface area contributed by atoms with Gasteiger partial charge in [0.2, 0.25) is 0 Å². The Kier molecular flexibility index (Phi) is 6.26. The fraction of sp³-hybridized carbons (Fsp3) is 0.440. The standard InChI is InChI=1S/C19H20O2.C6H12N2.Mn/c1-13-11-14(2)18(21-15(3)20)17(12-13)19(4,5)16-9-7-6-8-10-16;7-5-3-1-2-4-6(5)8;/h2,6-12H,1,3-5H3;5-8H,1-4H2;/q;-2;+2. The fourth-order valence-electron chi connectivity index (χ4n) is 4.52. The summed E-state index contributed by atoms with van der Waals surface area (Å²) in [4.78, 5) is 14.3. The summed E-state index contributed by atoms with van der Waals surface area (Å²) >= 11 is -1.09. The molecule has 2 N–H and O–H groups in total. The zero-order chi connectivity index (χ0) is 21.3. The molecule has 0 amide bonds. The number of carbonyl (C=O) groups is 1. The van der Waals surface area contributed by atoms with Crippen LogP contribution in [-0.4, -0.2) is 23.0 Å². The number of benzene rings is 2. The van der Waals surface area contributed by atoms with Crippen molar-refractivity contribution in [2.75, 3.05) is 0 Å². The summed E-state index contributed by atoms with van der Waals surface area (Å²) in [6, 6.07) is 15.9. The van der Waals surface area contributed by atoms with Gasteiger partial charge in [0.15, 0.2) is 0 Å². The molecule has 1 saturated heterocycles. The number of aryl methyl sites for hydroxylation is 1. The number of hydrogen-bond acceptors (Lipinski definition) is 4. The van der Waals surface area contributed by atoms with Gasteiger partial charge in [-0.1, -0.05) is 0 Å². The molecule has 0 spiro atoms. The van der Waals surface area contributed by atoms with Crippen LogP contribution in [0.25, 0.3) is 0 Å². The zero-order valence-electron chi connectivity index (χ0n) is 18.3. The van der Waals surface area contributed by atoms with Gasteiger partial charge in [-0.25, -0.2) is 0 Å². The van der Waals surface area contributed by atoms with Crippen LogP contribution in [0.5, 0.6) is 5.75 Å². The Morgan fingerprint density at radius 3 is 2.33 bits per heavy atom. The van der Waals surface area contributed by atoms with Crippen LogP contribution in [0.15, 0.2) is 42.5 Å². The molecule has 2 aromatic carbocycles. The van der Waals surface area contributed by atoms with Crippen LogP contribution in [0.2, 0.25) is 0 Å². The number of esters is 1. The van der Waals surface area contributed by atoms with E-state index in [0.29, 0.717) is 17.8 Å². The summed E-state index contributed by atoms with van der Waals surface area (Å²) in [6.45, 7) is 8.00. The Morgan fingerprint density at radius 2 is 1.73 bits per heavy atom. The van der Waals surface area contributed by atoms with Gasteiger partial charge in [0, 0.05) is 0 Å². The molecule has 2 aromatic rings. The summed E-state index contributed by atoms with van der Waals surface area (Å²) in [6.07, 6.45) is 5.11. The second-order valence-corrected chi connectivity index (χ2v) is 11.0. The van der Waals surface area contributed by atoms with Crippen molar-refractivity contribution in [2.24, 2.45) is 0 Å². The third-order valence-corrected chi connectivity index (χ3v) is 8.50. The molecule has 2 fully saturated rings. The van der Waals surface area contributed by atoms with E-state index >= 15 is 0 Å². The first-order chi connectivity index (χ1) is 14.3. The van der Waals surface area contributed by atoms with Crippen LogP contribution in [0.1, 0.15) is 68.7 Å². The number of hydrogen-bond donors (Lipinski definition) is 2. The van der Waals surface area contributed by atoms with Gasteiger partial charge in [-0.05, 0) is 0 Å². The van der Waals surface area contributed by atoms with Gasteiger partial charge in [0.25, 0.3) is 0 Å². The number of fused-ring (bicyclic) bond motifs is 1. The molecule has 30 heavy (non-hydrogen) atoms. The van der Waals surface area contributed by atoms with Gasteiger partial charge in [-0.15, -0.1) is 0 Å². The van der Waals surface area contributed by atoms with Crippen molar-refractivity contribution >= 4 is 10.9 Å². The summed E-state index contributed by atoms with van der Waals surface area (Å²) in [5.74, 6) is 0.413. The van der Waals surface area contributed by atoms with Gasteiger partial charge in [-0.2, -0.15) is 0 Å². The molecule has 1 saturated carbocycles. The second-order valence-electron chi connectivity index (χ2n) is 8.95. The summed E-state index contributed by atoms with van der Waals surface area (Å²) in [5.41, 5.74) is 4.15. The van der Waals surface area contributed by atoms with Crippen molar-refractivity contribution in [3.05, 3.63) is 64.7 Å². The van der Waals surface area contributed by atoms with E-state index in [4.69, 9.17) is 4.74 Å². The normalized spacial score (nSPS) is 21.9. The molecule has 4 rings (SSSR count). The van der Waals surface area contributed by atoms with Crippen LogP contribution < -0.4 is 13.4 Å². The molecule has 1 heterocycles. The molecule has 0 aromatic heterocycles. The molecular formula is C25H32MnN2O2. The molecule has 2 aliphatic rings. The van der Waals surface area contributed by atoms with E-state index in [-0.39, 0.29) is 11.4 Å². The Balaban J connectivity index is 1.79. The van der Waals surface area contributed by atoms with E-state index in [1.54, 1.807) is 0 Å². The Hall–Kier alpha value is -1.78. The molecule has 0 bridgehead atoms. The SMILES string of the molecule is CC(=O)Oc1c([CH]=[Mn]2[NH]C3CCCCC3[NH]2)cc(C)cc1C(C)(C)c1ccccc1. The van der Waals surface area contributed by atoms with Gasteiger partial charge in [0.05, 0.1) is 0 Å². The minimum absolute atomic E-state index is 0.280. The Bertz CT molecular complexity index is 953. The fourth-order valence-corrected chi connectivity index (χ4v) is 7.19. The van der Waals surface area contributed by atoms with Crippen molar-refractivity contribution in [3.8, 4) is 5.75 Å². The minimum atomic E-state index is -1.09. The predicted octanol–water partition coefficient (Wildman–Crippen LogP) is 4.35. The molecule has 1 aliphatic carbocycles. The summed E-state index contributed by atoms with van der Waals surface area (Å²) < 4.78 is 13.5. The first-order valence-electron chi connectivity index (χ1n) is 10.8. The van der Waals surface area contributed by atoms with E-state index in [0.717, 1.165) is 11.1 Å². The van der Waals surface area contributed by atoms with Gasteiger partial charge in [-0.3, -0.25) is 0 Å². The Labute approximate surface area is 184 Å². The summed E-state index contributed by atoms with van der Waals surface area (Å²) in [7, 11) is 0. The molecule has 0 radical (unpaired) electrons. The molecule has 2 unspecified atom stereocenters. The van der Waals surface area contributed by atoms with Crippen molar-refractivity contribution in [3.63, 3.8) is 0 Å². The van der Waals surface area contributed by atoms with Crippen LogP contribution in [-0.2, 0) is 24.1 Å². The topological polar surface area (TPSA) is 50.4 Å². The van der Waals surface area contributed by atoms with Crippen LogP contribution in [0, 0.1) is 6.92 Å². The van der Waals surface area contributed by atoms with Crippen LogP contribution >= 0.6 is 0 Å². The quantitative estimate of drug-likeness (QED) is 0.416. The zero-order valence-corrected chi connectivity index (χ0v) is 19.5. The third kappa shape index (κ3) is 4.45. The molecule has 4 nitrogen and oxygen atoms in total.